The third-order valence-corrected chi connectivity index (χ3v) is 5.12. The van der Waals surface area contributed by atoms with Gasteiger partial charge in [-0.15, -0.1) is 0 Å². The van der Waals surface area contributed by atoms with Gasteiger partial charge in [-0.05, 0) is 17.9 Å². The molecular formula is C22H30N2O4. The van der Waals surface area contributed by atoms with Crippen LogP contribution in [0.15, 0.2) is 48.9 Å². The number of benzene rings is 1. The molecular weight excluding hydrogens is 356 g/mol. The van der Waals surface area contributed by atoms with Gasteiger partial charge in [-0.1, -0.05) is 44.2 Å². The van der Waals surface area contributed by atoms with Crippen molar-refractivity contribution in [3.05, 3.63) is 65.4 Å². The van der Waals surface area contributed by atoms with E-state index in [2.05, 4.69) is 31.0 Å². The van der Waals surface area contributed by atoms with Gasteiger partial charge in [-0.25, -0.2) is 0 Å². The van der Waals surface area contributed by atoms with Crippen molar-refractivity contribution >= 4 is 0 Å². The normalized spacial score (nSPS) is 25.6. The highest BCUT2D eigenvalue weighted by atomic mass is 16.6. The minimum Gasteiger partial charge on any atom is -0.618 e. The topological polar surface area (TPSA) is 81.8 Å². The van der Waals surface area contributed by atoms with Gasteiger partial charge in [0.25, 0.3) is 0 Å². The Balaban J connectivity index is 0.000000178. The third kappa shape index (κ3) is 5.99. The average Bonchev–Trinajstić information content (AvgIpc) is 3.48. The van der Waals surface area contributed by atoms with E-state index in [-0.39, 0.29) is 18.6 Å². The van der Waals surface area contributed by atoms with Crippen LogP contribution in [0.4, 0.5) is 0 Å². The highest BCUT2D eigenvalue weighted by Gasteiger charge is 2.50. The lowest BCUT2D eigenvalue weighted by molar-refractivity contribution is -0.615. The van der Waals surface area contributed by atoms with Crippen LogP contribution in [0.1, 0.15) is 37.9 Å². The highest BCUT2D eigenvalue weighted by molar-refractivity contribution is 5.13. The van der Waals surface area contributed by atoms with E-state index >= 15 is 0 Å². The summed E-state index contributed by atoms with van der Waals surface area (Å²) in [5, 5.41) is 20.3. The lowest BCUT2D eigenvalue weighted by atomic mass is 9.88. The van der Waals surface area contributed by atoms with Crippen LogP contribution in [0.2, 0.25) is 0 Å². The molecule has 2 aromatic rings. The molecule has 4 atom stereocenters. The molecule has 0 bridgehead atoms. The summed E-state index contributed by atoms with van der Waals surface area (Å²) in [6.45, 7) is 5.02. The molecule has 2 heterocycles. The van der Waals surface area contributed by atoms with Gasteiger partial charge in [0.05, 0.1) is 37.3 Å². The number of rotatable bonds is 6. The molecule has 1 aliphatic carbocycles. The first kappa shape index (κ1) is 20.7. The molecule has 0 spiro atoms. The number of hydrogen-bond acceptors (Lipinski definition) is 5. The number of hydrogen-bond donors (Lipinski definition) is 1. The van der Waals surface area contributed by atoms with E-state index in [9.17, 15) is 10.3 Å². The minimum atomic E-state index is 0.215. The monoisotopic (exact) mass is 386 g/mol. The second kappa shape index (κ2) is 9.96. The standard InChI is InChI=1S/C14H18O3.C8H12N2O/c15-8-11-6-12(7-13-14(11)17-13)16-9-10-4-2-1-3-5-10;1-7(2)5-8-6-9-3-4-10(8)11/h1-5,11-15H,6-9H2;3-4,6-7H,5H2,1-2H3. The zero-order chi connectivity index (χ0) is 19.9. The number of nitrogens with zero attached hydrogens (tertiary/aromatic N) is 2. The van der Waals surface area contributed by atoms with Crippen LogP contribution in [0, 0.1) is 17.0 Å². The second-order valence-corrected chi connectivity index (χ2v) is 7.96. The summed E-state index contributed by atoms with van der Waals surface area (Å²) in [4.78, 5) is 3.88. The second-order valence-electron chi connectivity index (χ2n) is 7.96. The van der Waals surface area contributed by atoms with Crippen LogP contribution < -0.4 is 4.73 Å². The molecule has 1 saturated heterocycles. The average molecular weight is 386 g/mol. The van der Waals surface area contributed by atoms with E-state index in [1.54, 1.807) is 6.20 Å². The third-order valence-electron chi connectivity index (χ3n) is 5.12. The first-order valence-corrected chi connectivity index (χ1v) is 10.0. The Kier molecular flexibility index (Phi) is 7.36. The Morgan fingerprint density at radius 1 is 1.29 bits per heavy atom. The smallest absolute Gasteiger partial charge is 0.211 e. The molecule has 2 fully saturated rings. The first-order chi connectivity index (χ1) is 13.6. The fourth-order valence-corrected chi connectivity index (χ4v) is 3.63. The van der Waals surface area contributed by atoms with Crippen molar-refractivity contribution in [1.82, 2.24) is 4.98 Å². The van der Waals surface area contributed by atoms with Crippen molar-refractivity contribution in [3.8, 4) is 0 Å². The first-order valence-electron chi connectivity index (χ1n) is 10.0. The number of aliphatic hydroxyl groups excluding tert-OH is 1. The molecule has 4 rings (SSSR count). The summed E-state index contributed by atoms with van der Waals surface area (Å²) in [7, 11) is 0. The van der Waals surface area contributed by atoms with E-state index in [0.717, 1.165) is 29.7 Å². The molecule has 1 aliphatic heterocycles. The Hall–Kier alpha value is -2.02. The number of aromatic nitrogens is 2. The van der Waals surface area contributed by atoms with Crippen LogP contribution in [-0.2, 0) is 22.5 Å². The molecule has 1 saturated carbocycles. The lowest BCUT2D eigenvalue weighted by Crippen LogP contribution is -2.32. The molecule has 0 amide bonds. The van der Waals surface area contributed by atoms with E-state index in [0.29, 0.717) is 24.7 Å². The van der Waals surface area contributed by atoms with Crippen LogP contribution in [-0.4, -0.2) is 35.0 Å². The maximum absolute atomic E-state index is 11.0. The Bertz CT molecular complexity index is 725. The Morgan fingerprint density at radius 2 is 2.07 bits per heavy atom. The van der Waals surface area contributed by atoms with E-state index < -0.39 is 0 Å². The summed E-state index contributed by atoms with van der Waals surface area (Å²) >= 11 is 0. The van der Waals surface area contributed by atoms with Crippen molar-refractivity contribution in [2.45, 2.75) is 58.0 Å². The zero-order valence-corrected chi connectivity index (χ0v) is 16.6. The van der Waals surface area contributed by atoms with Gasteiger partial charge in [0, 0.05) is 25.4 Å². The summed E-state index contributed by atoms with van der Waals surface area (Å²) in [5.41, 5.74) is 1.94. The molecule has 1 aromatic heterocycles. The predicted molar refractivity (Wildman–Crippen MR) is 105 cm³/mol. The van der Waals surface area contributed by atoms with Crippen molar-refractivity contribution in [1.29, 1.82) is 0 Å². The zero-order valence-electron chi connectivity index (χ0n) is 16.6. The predicted octanol–water partition coefficient (Wildman–Crippen LogP) is 2.66. The number of aliphatic hydroxyl groups is 1. The fourth-order valence-electron chi connectivity index (χ4n) is 3.63. The maximum atomic E-state index is 11.0. The lowest BCUT2D eigenvalue weighted by Gasteiger charge is -2.25. The molecule has 6 heteroatoms. The highest BCUT2D eigenvalue weighted by Crippen LogP contribution is 2.41. The maximum Gasteiger partial charge on any atom is 0.211 e. The molecule has 2 aliphatic rings. The fraction of sp³-hybridized carbons (Fsp3) is 0.545. The van der Waals surface area contributed by atoms with Gasteiger partial charge in [0.2, 0.25) is 5.69 Å². The van der Waals surface area contributed by atoms with Gasteiger partial charge in [-0.3, -0.25) is 4.98 Å². The Labute approximate surface area is 166 Å². The van der Waals surface area contributed by atoms with Crippen LogP contribution >= 0.6 is 0 Å². The van der Waals surface area contributed by atoms with Crippen molar-refractivity contribution in [2.75, 3.05) is 6.61 Å². The largest absolute Gasteiger partial charge is 0.618 e. The summed E-state index contributed by atoms with van der Waals surface area (Å²) in [6, 6.07) is 10.2. The number of ether oxygens (including phenoxy) is 2. The van der Waals surface area contributed by atoms with Crippen LogP contribution in [0.3, 0.4) is 0 Å². The van der Waals surface area contributed by atoms with Crippen molar-refractivity contribution < 1.29 is 19.3 Å². The number of fused-ring (bicyclic) bond motifs is 1. The van der Waals surface area contributed by atoms with Crippen molar-refractivity contribution in [2.24, 2.45) is 11.8 Å². The SMILES string of the molecule is CC(C)Cc1cncc[n+]1[O-].OCC1CC(OCc2ccccc2)CC2OC12. The molecule has 0 radical (unpaired) electrons. The molecule has 152 valence electrons. The van der Waals surface area contributed by atoms with E-state index in [4.69, 9.17) is 9.47 Å². The number of epoxide rings is 1. The van der Waals surface area contributed by atoms with Gasteiger partial charge in [0.15, 0.2) is 6.20 Å². The quantitative estimate of drug-likeness (QED) is 0.469. The van der Waals surface area contributed by atoms with Gasteiger partial charge < -0.3 is 19.8 Å². The van der Waals surface area contributed by atoms with Crippen LogP contribution in [0.5, 0.6) is 0 Å². The molecule has 4 unspecified atom stereocenters. The van der Waals surface area contributed by atoms with Crippen molar-refractivity contribution in [3.63, 3.8) is 0 Å². The molecule has 28 heavy (non-hydrogen) atoms. The van der Waals surface area contributed by atoms with Gasteiger partial charge in [-0.2, -0.15) is 4.73 Å². The Morgan fingerprint density at radius 3 is 2.75 bits per heavy atom. The summed E-state index contributed by atoms with van der Waals surface area (Å²) in [5.74, 6) is 0.772. The molecule has 1 N–H and O–H groups in total. The molecule has 1 aromatic carbocycles. The van der Waals surface area contributed by atoms with E-state index in [1.165, 1.54) is 18.0 Å². The minimum absolute atomic E-state index is 0.215. The summed E-state index contributed by atoms with van der Waals surface area (Å²) < 4.78 is 12.3. The van der Waals surface area contributed by atoms with Crippen LogP contribution in [0.25, 0.3) is 0 Å². The van der Waals surface area contributed by atoms with E-state index in [1.807, 2.05) is 18.2 Å². The van der Waals surface area contributed by atoms with Gasteiger partial charge in [0.1, 0.15) is 0 Å². The molecule has 6 nitrogen and oxygen atoms in total. The summed E-state index contributed by atoms with van der Waals surface area (Å²) in [6.07, 6.45) is 8.10. The van der Waals surface area contributed by atoms with Gasteiger partial charge >= 0.3 is 0 Å².